The van der Waals surface area contributed by atoms with E-state index in [9.17, 15) is 32.3 Å². The third kappa shape index (κ3) is 7.31. The molecule has 2 atom stereocenters. The van der Waals surface area contributed by atoms with E-state index in [1.54, 1.807) is 30.3 Å². The number of aromatic nitrogens is 6. The van der Waals surface area contributed by atoms with Crippen LogP contribution in [0.15, 0.2) is 53.7 Å². The topological polar surface area (TPSA) is 158 Å². The van der Waals surface area contributed by atoms with E-state index in [-0.39, 0.29) is 48.1 Å². The molecule has 0 radical (unpaired) electrons. The summed E-state index contributed by atoms with van der Waals surface area (Å²) >= 11 is 0. The van der Waals surface area contributed by atoms with Crippen LogP contribution in [0.25, 0.3) is 21.9 Å². The molecule has 2 aliphatic heterocycles. The third-order valence-electron chi connectivity index (χ3n) is 11.7. The fraction of sp³-hybridized carbons (Fsp3) is 0.462. The maximum absolute atomic E-state index is 16.4. The molecule has 0 spiro atoms. The van der Waals surface area contributed by atoms with Crippen molar-refractivity contribution < 1.29 is 41.1 Å². The second-order valence-corrected chi connectivity index (χ2v) is 15.4. The van der Waals surface area contributed by atoms with Crippen molar-refractivity contribution in [2.24, 2.45) is 13.0 Å². The third-order valence-corrected chi connectivity index (χ3v) is 11.7. The molecule has 58 heavy (non-hydrogen) atoms. The Bertz CT molecular complexity index is 2490. The number of nitrogens with zero attached hydrogens (tertiary/aromatic N) is 7. The largest absolute Gasteiger partial charge is 0.496 e. The summed E-state index contributed by atoms with van der Waals surface area (Å²) in [4.78, 5) is 59.4. The number of likely N-dealkylation sites (tertiary alicyclic amines) is 1. The number of halogens is 5. The minimum absolute atomic E-state index is 0.0556. The zero-order chi connectivity index (χ0) is 41.1. The number of fused-ring (bicyclic) bond motifs is 2. The van der Waals surface area contributed by atoms with Gasteiger partial charge in [-0.15, -0.1) is 0 Å². The smallest absolute Gasteiger partial charge is 0.434 e. The van der Waals surface area contributed by atoms with Crippen LogP contribution in [0.4, 0.5) is 27.6 Å². The van der Waals surface area contributed by atoms with Gasteiger partial charge in [-0.1, -0.05) is 0 Å². The molecular weight excluding hydrogens is 769 g/mol. The van der Waals surface area contributed by atoms with E-state index in [0.29, 0.717) is 36.0 Å². The molecule has 5 heterocycles. The van der Waals surface area contributed by atoms with Crippen molar-refractivity contribution >= 4 is 45.3 Å². The van der Waals surface area contributed by atoms with Gasteiger partial charge in [0.25, 0.3) is 11.8 Å². The van der Waals surface area contributed by atoms with Gasteiger partial charge in [-0.25, -0.2) is 18.6 Å². The monoisotopic (exact) mass is 809 g/mol. The fourth-order valence-corrected chi connectivity index (χ4v) is 8.82. The van der Waals surface area contributed by atoms with Gasteiger partial charge in [-0.3, -0.25) is 43.4 Å². The van der Waals surface area contributed by atoms with Crippen LogP contribution in [0.1, 0.15) is 84.7 Å². The number of amides is 3. The number of imide groups is 1. The molecule has 19 heteroatoms. The van der Waals surface area contributed by atoms with Gasteiger partial charge in [0, 0.05) is 42.8 Å². The van der Waals surface area contributed by atoms with Gasteiger partial charge in [0.2, 0.25) is 11.8 Å². The van der Waals surface area contributed by atoms with Gasteiger partial charge in [-0.05, 0) is 81.3 Å². The predicted molar refractivity (Wildman–Crippen MR) is 200 cm³/mol. The number of rotatable bonds is 8. The Kier molecular flexibility index (Phi) is 10.0. The molecule has 2 N–H and O–H groups in total. The summed E-state index contributed by atoms with van der Waals surface area (Å²) in [6.45, 7) is 0.440. The maximum Gasteiger partial charge on any atom is 0.434 e. The highest BCUT2D eigenvalue weighted by molar-refractivity contribution is 6.03. The Morgan fingerprint density at radius 2 is 1.81 bits per heavy atom. The summed E-state index contributed by atoms with van der Waals surface area (Å²) in [6.07, 6.45) is 2.08. The number of hydrogen-bond acceptors (Lipinski definition) is 9. The molecule has 1 unspecified atom stereocenters. The van der Waals surface area contributed by atoms with E-state index in [0.717, 1.165) is 37.3 Å². The van der Waals surface area contributed by atoms with Crippen LogP contribution >= 0.6 is 0 Å². The van der Waals surface area contributed by atoms with Crippen LogP contribution in [0.5, 0.6) is 5.75 Å². The van der Waals surface area contributed by atoms with Crippen LogP contribution in [-0.4, -0.2) is 84.2 Å². The zero-order valence-corrected chi connectivity index (χ0v) is 31.6. The lowest BCUT2D eigenvalue weighted by Crippen LogP contribution is -2.49. The minimum atomic E-state index is -4.74. The zero-order valence-electron chi connectivity index (χ0n) is 31.6. The van der Waals surface area contributed by atoms with Gasteiger partial charge >= 0.3 is 11.9 Å². The molecule has 3 aliphatic rings. The highest BCUT2D eigenvalue weighted by Crippen LogP contribution is 2.47. The molecule has 306 valence electrons. The highest BCUT2D eigenvalue weighted by Gasteiger charge is 2.48. The lowest BCUT2D eigenvalue weighted by atomic mass is 9.82. The van der Waals surface area contributed by atoms with E-state index >= 15 is 8.78 Å². The van der Waals surface area contributed by atoms with E-state index in [1.165, 1.54) is 23.3 Å². The fourth-order valence-electron chi connectivity index (χ4n) is 8.82. The lowest BCUT2D eigenvalue weighted by Gasteiger charge is -2.41. The molecule has 1 aliphatic carbocycles. The van der Waals surface area contributed by atoms with Crippen molar-refractivity contribution in [3.8, 4) is 5.75 Å². The number of hydrogen-bond donors (Lipinski definition) is 2. The number of carbonyl (C=O) groups excluding carboxylic acids is 3. The van der Waals surface area contributed by atoms with Crippen molar-refractivity contribution in [3.05, 3.63) is 76.4 Å². The maximum atomic E-state index is 16.4. The lowest BCUT2D eigenvalue weighted by molar-refractivity contribution is -0.141. The summed E-state index contributed by atoms with van der Waals surface area (Å²) in [5, 5.41) is 10.3. The summed E-state index contributed by atoms with van der Waals surface area (Å²) in [5.41, 5.74) is -0.425. The first-order valence-corrected chi connectivity index (χ1v) is 19.0. The van der Waals surface area contributed by atoms with E-state index in [2.05, 4.69) is 20.6 Å². The van der Waals surface area contributed by atoms with Gasteiger partial charge in [0.05, 0.1) is 54.6 Å². The van der Waals surface area contributed by atoms with Crippen molar-refractivity contribution in [1.82, 2.24) is 39.1 Å². The first-order valence-electron chi connectivity index (χ1n) is 19.0. The number of alkyl halides is 5. The Balaban J connectivity index is 0.911. The van der Waals surface area contributed by atoms with E-state index in [4.69, 9.17) is 9.84 Å². The summed E-state index contributed by atoms with van der Waals surface area (Å²) < 4.78 is 81.9. The van der Waals surface area contributed by atoms with Crippen molar-refractivity contribution in [3.63, 3.8) is 0 Å². The molecule has 3 amide bonds. The van der Waals surface area contributed by atoms with Crippen LogP contribution in [0.2, 0.25) is 0 Å². The average molecular weight is 810 g/mol. The van der Waals surface area contributed by atoms with Gasteiger partial charge in [0.1, 0.15) is 17.5 Å². The number of methoxy groups -OCH3 is 1. The summed E-state index contributed by atoms with van der Waals surface area (Å²) in [5.74, 6) is -5.87. The second-order valence-electron chi connectivity index (χ2n) is 15.4. The summed E-state index contributed by atoms with van der Waals surface area (Å²) in [7, 11) is 2.89. The average Bonchev–Trinajstić information content (AvgIpc) is 3.72. The van der Waals surface area contributed by atoms with Crippen molar-refractivity contribution in [2.75, 3.05) is 32.1 Å². The van der Waals surface area contributed by atoms with Gasteiger partial charge in [0.15, 0.2) is 5.69 Å². The first-order chi connectivity index (χ1) is 27.6. The molecule has 0 bridgehead atoms. The Morgan fingerprint density at radius 3 is 2.52 bits per heavy atom. The number of piperidine rings is 2. The molecular formula is C39H40F5N9O5. The van der Waals surface area contributed by atoms with Gasteiger partial charge in [-0.2, -0.15) is 18.3 Å². The predicted octanol–water partition coefficient (Wildman–Crippen LogP) is 5.59. The molecule has 3 fully saturated rings. The Morgan fingerprint density at radius 1 is 1.03 bits per heavy atom. The SMILES string of the molecule is COc1ccc2c(c1[C@@H]1CCN(CC3CCC(n4cc5cc(NC(=O)c6cncc(C(F)(F)F)n6)ccc5n4)CC3)CC1(F)F)n(C)c(=O)n2C1CCC(=O)NC1=O. The van der Waals surface area contributed by atoms with Crippen molar-refractivity contribution in [2.45, 2.75) is 75.0 Å². The molecule has 3 aromatic heterocycles. The second kappa shape index (κ2) is 14.9. The van der Waals surface area contributed by atoms with Crippen LogP contribution < -0.4 is 21.1 Å². The minimum Gasteiger partial charge on any atom is -0.496 e. The number of aryl methyl sites for hydroxylation is 1. The number of ether oxygens (including phenoxy) is 1. The standard InChI is InChI=1S/C39H40F5N9O5/c1-50-34-28(53(37(50)57)29-10-12-32(54)48-36(29)56)9-11-30(58-2)33(34)25-13-14-51(20-38(25,40)41)18-21-3-6-24(7-4-21)52-19-22-15-23(5-8-26(22)49-52)46-35(55)27-16-45-17-31(47-27)39(42,43)44/h5,8-9,11,15-17,19,21,24-25,29H,3-4,6-7,10,12-14,18,20H2,1-2H3,(H,46,55)(H,48,54,56)/t21?,24?,25-,29?/m0/s1. The van der Waals surface area contributed by atoms with E-state index in [1.807, 2.05) is 15.8 Å². The Labute approximate surface area is 327 Å². The number of anilines is 1. The van der Waals surface area contributed by atoms with Crippen molar-refractivity contribution in [1.29, 1.82) is 0 Å². The Hall–Kier alpha value is -5.72. The quantitative estimate of drug-likeness (QED) is 0.151. The summed E-state index contributed by atoms with van der Waals surface area (Å²) in [6, 6.07) is 7.26. The molecule has 5 aromatic rings. The van der Waals surface area contributed by atoms with Gasteiger partial charge < -0.3 is 10.1 Å². The molecule has 2 saturated heterocycles. The normalized spacial score (nSPS) is 22.9. The molecule has 1 saturated carbocycles. The molecule has 14 nitrogen and oxygen atoms in total. The van der Waals surface area contributed by atoms with Crippen LogP contribution in [0.3, 0.4) is 0 Å². The number of nitrogens with one attached hydrogen (secondary N) is 2. The van der Waals surface area contributed by atoms with Crippen LogP contribution in [-0.2, 0) is 22.8 Å². The molecule has 8 rings (SSSR count). The first kappa shape index (κ1) is 39.1. The van der Waals surface area contributed by atoms with Crippen LogP contribution in [0, 0.1) is 5.92 Å². The number of carbonyl (C=O) groups is 3. The van der Waals surface area contributed by atoms with E-state index < -0.39 is 65.4 Å². The number of imidazole rings is 1. The molecule has 2 aromatic carbocycles. The number of benzene rings is 2. The highest BCUT2D eigenvalue weighted by atomic mass is 19.4.